The zero-order valence-corrected chi connectivity index (χ0v) is 12.8. The van der Waals surface area contributed by atoms with Crippen LogP contribution in [0.25, 0.3) is 0 Å². The minimum Gasteiger partial charge on any atom is -0.489 e. The van der Waals surface area contributed by atoms with Gasteiger partial charge in [0.15, 0.2) is 0 Å². The van der Waals surface area contributed by atoms with Crippen LogP contribution in [-0.2, 0) is 6.61 Å². The van der Waals surface area contributed by atoms with Crippen molar-refractivity contribution in [3.63, 3.8) is 0 Å². The molecule has 0 radical (unpaired) electrons. The molecule has 21 heavy (non-hydrogen) atoms. The monoisotopic (exact) mass is 308 g/mol. The number of nitrogens with zero attached hydrogens (tertiary/aromatic N) is 1. The van der Waals surface area contributed by atoms with Gasteiger partial charge in [-0.2, -0.15) is 0 Å². The molecule has 1 atom stereocenters. The number of hydrogen-bond donors (Lipinski definition) is 1. The lowest BCUT2D eigenvalue weighted by atomic mass is 10.1. The first kappa shape index (κ1) is 15.7. The molecule has 2 aromatic rings. The molecule has 1 heterocycles. The van der Waals surface area contributed by atoms with Gasteiger partial charge in [0.1, 0.15) is 18.2 Å². The van der Waals surface area contributed by atoms with Gasteiger partial charge in [-0.3, -0.25) is 4.98 Å². The topological polar surface area (TPSA) is 34.1 Å². The van der Waals surface area contributed by atoms with E-state index < -0.39 is 0 Å². The van der Waals surface area contributed by atoms with Crippen molar-refractivity contribution in [2.75, 3.05) is 6.54 Å². The van der Waals surface area contributed by atoms with Crippen LogP contribution < -0.4 is 10.1 Å². The normalized spacial score (nSPS) is 12.2. The lowest BCUT2D eigenvalue weighted by molar-refractivity contribution is 0.298. The summed E-state index contributed by atoms with van der Waals surface area (Å²) in [6, 6.07) is 7.03. The first-order chi connectivity index (χ1) is 10.1. The number of halogens is 2. The molecule has 0 fully saturated rings. The molecular weight excluding hydrogens is 291 g/mol. The molecule has 0 aliphatic carbocycles. The number of rotatable bonds is 6. The molecule has 0 aliphatic heterocycles. The van der Waals surface area contributed by atoms with Crippen molar-refractivity contribution in [3.05, 3.63) is 58.6 Å². The van der Waals surface area contributed by atoms with Gasteiger partial charge < -0.3 is 10.1 Å². The van der Waals surface area contributed by atoms with Gasteiger partial charge in [-0.25, -0.2) is 4.39 Å². The molecule has 0 saturated carbocycles. The Morgan fingerprint density at radius 2 is 2.14 bits per heavy atom. The molecule has 0 aliphatic rings. The highest BCUT2D eigenvalue weighted by molar-refractivity contribution is 6.30. The average Bonchev–Trinajstić information content (AvgIpc) is 2.46. The van der Waals surface area contributed by atoms with Gasteiger partial charge in [-0.05, 0) is 37.7 Å². The van der Waals surface area contributed by atoms with Gasteiger partial charge >= 0.3 is 0 Å². The zero-order chi connectivity index (χ0) is 15.2. The summed E-state index contributed by atoms with van der Waals surface area (Å²) >= 11 is 6.06. The molecule has 0 spiro atoms. The van der Waals surface area contributed by atoms with E-state index in [1.54, 1.807) is 12.3 Å². The Morgan fingerprint density at radius 3 is 2.86 bits per heavy atom. The van der Waals surface area contributed by atoms with Crippen molar-refractivity contribution in [2.45, 2.75) is 26.5 Å². The Labute approximate surface area is 129 Å². The van der Waals surface area contributed by atoms with Crippen molar-refractivity contribution in [1.82, 2.24) is 10.3 Å². The molecule has 1 aromatic heterocycles. The minimum absolute atomic E-state index is 0.120. The van der Waals surface area contributed by atoms with Crippen LogP contribution in [0.15, 0.2) is 36.7 Å². The maximum absolute atomic E-state index is 13.1. The quantitative estimate of drug-likeness (QED) is 0.871. The van der Waals surface area contributed by atoms with Crippen LogP contribution >= 0.6 is 11.6 Å². The summed E-state index contributed by atoms with van der Waals surface area (Å²) in [5.74, 6) is 0.366. The molecule has 0 bridgehead atoms. The summed E-state index contributed by atoms with van der Waals surface area (Å²) in [5.41, 5.74) is 1.67. The molecule has 5 heteroatoms. The van der Waals surface area contributed by atoms with E-state index >= 15 is 0 Å². The number of nitrogens with one attached hydrogen (secondary N) is 1. The fraction of sp³-hybridized carbons (Fsp3) is 0.312. The summed E-state index contributed by atoms with van der Waals surface area (Å²) in [6.45, 7) is 5.20. The third-order valence-electron chi connectivity index (χ3n) is 3.10. The molecule has 1 N–H and O–H groups in total. The Kier molecular flexibility index (Phi) is 5.53. The summed E-state index contributed by atoms with van der Waals surface area (Å²) < 4.78 is 18.9. The smallest absolute Gasteiger partial charge is 0.141 e. The van der Waals surface area contributed by atoms with Gasteiger partial charge in [0.05, 0.1) is 6.20 Å². The lowest BCUT2D eigenvalue weighted by Gasteiger charge is -2.18. The minimum atomic E-state index is -0.367. The number of aromatic nitrogens is 1. The van der Waals surface area contributed by atoms with Crippen molar-refractivity contribution in [2.24, 2.45) is 0 Å². The number of ether oxygens (including phenoxy) is 1. The Balaban J connectivity index is 2.15. The molecule has 0 amide bonds. The van der Waals surface area contributed by atoms with Crippen LogP contribution in [0.1, 0.15) is 31.0 Å². The lowest BCUT2D eigenvalue weighted by Crippen LogP contribution is -2.18. The van der Waals surface area contributed by atoms with E-state index in [0.717, 1.165) is 17.9 Å². The maximum Gasteiger partial charge on any atom is 0.141 e. The van der Waals surface area contributed by atoms with E-state index in [4.69, 9.17) is 16.3 Å². The van der Waals surface area contributed by atoms with Crippen LogP contribution in [0.5, 0.6) is 5.75 Å². The summed E-state index contributed by atoms with van der Waals surface area (Å²) in [4.78, 5) is 3.81. The third-order valence-corrected chi connectivity index (χ3v) is 3.34. The maximum atomic E-state index is 13.1. The highest BCUT2D eigenvalue weighted by atomic mass is 35.5. The van der Waals surface area contributed by atoms with Gasteiger partial charge in [-0.15, -0.1) is 0 Å². The predicted octanol–water partition coefficient (Wildman–Crippen LogP) is 4.12. The molecule has 1 unspecified atom stereocenters. The fourth-order valence-corrected chi connectivity index (χ4v) is 2.28. The average molecular weight is 309 g/mol. The Bertz CT molecular complexity index is 607. The van der Waals surface area contributed by atoms with Crippen LogP contribution in [0.2, 0.25) is 5.02 Å². The van der Waals surface area contributed by atoms with Gasteiger partial charge in [0.2, 0.25) is 0 Å². The molecule has 3 nitrogen and oxygen atoms in total. The Morgan fingerprint density at radius 1 is 1.33 bits per heavy atom. The standard InChI is InChI=1S/C16H18ClFN2O/c1-3-20-11(2)15-7-13(17)4-5-16(15)21-10-12-6-14(18)9-19-8-12/h4-9,11,20H,3,10H2,1-2H3. The fourth-order valence-electron chi connectivity index (χ4n) is 2.10. The second-order valence-corrected chi connectivity index (χ2v) is 5.20. The third kappa shape index (κ3) is 4.41. The highest BCUT2D eigenvalue weighted by Crippen LogP contribution is 2.29. The number of pyridine rings is 1. The van der Waals surface area contributed by atoms with E-state index in [0.29, 0.717) is 10.6 Å². The van der Waals surface area contributed by atoms with Gasteiger partial charge in [0.25, 0.3) is 0 Å². The molecule has 0 saturated heterocycles. The second kappa shape index (κ2) is 7.38. The van der Waals surface area contributed by atoms with E-state index in [1.165, 1.54) is 12.3 Å². The van der Waals surface area contributed by atoms with Crippen LogP contribution in [0, 0.1) is 5.82 Å². The zero-order valence-electron chi connectivity index (χ0n) is 12.1. The van der Waals surface area contributed by atoms with Crippen LogP contribution in [0.3, 0.4) is 0 Å². The summed E-state index contributed by atoms with van der Waals surface area (Å²) in [6.07, 6.45) is 2.76. The van der Waals surface area contributed by atoms with E-state index in [9.17, 15) is 4.39 Å². The van der Waals surface area contributed by atoms with E-state index in [2.05, 4.69) is 10.3 Å². The Hall–Kier alpha value is -1.65. The predicted molar refractivity (Wildman–Crippen MR) is 82.1 cm³/mol. The number of benzene rings is 1. The first-order valence-corrected chi connectivity index (χ1v) is 7.23. The van der Waals surface area contributed by atoms with Gasteiger partial charge in [-0.1, -0.05) is 18.5 Å². The summed E-state index contributed by atoms with van der Waals surface area (Å²) in [7, 11) is 0. The van der Waals surface area contributed by atoms with Crippen molar-refractivity contribution in [3.8, 4) is 5.75 Å². The van der Waals surface area contributed by atoms with Crippen molar-refractivity contribution >= 4 is 11.6 Å². The molecule has 1 aromatic carbocycles. The van der Waals surface area contributed by atoms with Crippen molar-refractivity contribution in [1.29, 1.82) is 0 Å². The molecule has 112 valence electrons. The second-order valence-electron chi connectivity index (χ2n) is 4.76. The largest absolute Gasteiger partial charge is 0.489 e. The molecule has 2 rings (SSSR count). The van der Waals surface area contributed by atoms with Crippen LogP contribution in [-0.4, -0.2) is 11.5 Å². The van der Waals surface area contributed by atoms with E-state index in [-0.39, 0.29) is 18.5 Å². The highest BCUT2D eigenvalue weighted by Gasteiger charge is 2.12. The molecular formula is C16H18ClFN2O. The van der Waals surface area contributed by atoms with E-state index in [1.807, 2.05) is 26.0 Å². The first-order valence-electron chi connectivity index (χ1n) is 6.85. The summed E-state index contributed by atoms with van der Waals surface area (Å²) in [5, 5.41) is 3.99. The SMILES string of the molecule is CCNC(C)c1cc(Cl)ccc1OCc1cncc(F)c1. The van der Waals surface area contributed by atoms with Crippen LogP contribution in [0.4, 0.5) is 4.39 Å². The van der Waals surface area contributed by atoms with Crippen molar-refractivity contribution < 1.29 is 9.13 Å². The number of hydrogen-bond acceptors (Lipinski definition) is 3. The van der Waals surface area contributed by atoms with Gasteiger partial charge in [0, 0.05) is 28.4 Å².